The summed E-state index contributed by atoms with van der Waals surface area (Å²) < 4.78 is 0. The van der Waals surface area contributed by atoms with Gasteiger partial charge in [0, 0.05) is 5.56 Å². The number of benzene rings is 2. The largest absolute Gasteiger partial charge is 0.204 e. The monoisotopic (exact) mass is 372 g/mol. The summed E-state index contributed by atoms with van der Waals surface area (Å²) in [5, 5.41) is 14.2. The topological polar surface area (TPSA) is 54.5 Å². The number of nitrogens with zero attached hydrogens (tertiary/aromatic N) is 3. The first-order chi connectivity index (χ1) is 13.3. The van der Waals surface area contributed by atoms with Crippen molar-refractivity contribution >= 4 is 11.6 Å². The first-order valence-electron chi connectivity index (χ1n) is 9.94. The van der Waals surface area contributed by atoms with Crippen LogP contribution in [0.25, 0.3) is 23.0 Å². The minimum absolute atomic E-state index is 0.231. The molecule has 0 amide bonds. The number of hydrogen-bond donors (Lipinski definition) is 1. The summed E-state index contributed by atoms with van der Waals surface area (Å²) in [6, 6.07) is 15.3. The van der Waals surface area contributed by atoms with Crippen molar-refractivity contribution in [3.05, 3.63) is 64.7 Å². The summed E-state index contributed by atoms with van der Waals surface area (Å²) in [7, 11) is 0. The molecule has 0 saturated carbocycles. The lowest BCUT2D eigenvalue weighted by atomic mass is 9.63. The van der Waals surface area contributed by atoms with Gasteiger partial charge >= 0.3 is 0 Å². The molecule has 0 bridgehead atoms. The first-order valence-corrected chi connectivity index (χ1v) is 9.94. The summed E-state index contributed by atoms with van der Waals surface area (Å²) in [6.07, 6.45) is 4.76. The Kier molecular flexibility index (Phi) is 4.45. The summed E-state index contributed by atoms with van der Waals surface area (Å²) in [5.41, 5.74) is 8.16. The highest BCUT2D eigenvalue weighted by molar-refractivity contribution is 5.81. The molecule has 1 aliphatic carbocycles. The number of rotatable bonds is 3. The predicted octanol–water partition coefficient (Wildman–Crippen LogP) is 5.78. The quantitative estimate of drug-likeness (QED) is 0.593. The van der Waals surface area contributed by atoms with Crippen molar-refractivity contribution in [1.82, 2.24) is 20.6 Å². The fourth-order valence-electron chi connectivity index (χ4n) is 4.20. The second-order valence-corrected chi connectivity index (χ2v) is 9.21. The van der Waals surface area contributed by atoms with Crippen LogP contribution in [-0.4, -0.2) is 20.6 Å². The number of aromatic amines is 1. The van der Waals surface area contributed by atoms with E-state index in [4.69, 9.17) is 0 Å². The van der Waals surface area contributed by atoms with Gasteiger partial charge in [0.2, 0.25) is 5.82 Å². The van der Waals surface area contributed by atoms with E-state index in [1.165, 1.54) is 40.7 Å². The van der Waals surface area contributed by atoms with E-state index in [0.29, 0.717) is 5.82 Å². The van der Waals surface area contributed by atoms with Crippen LogP contribution in [0.15, 0.2) is 42.5 Å². The van der Waals surface area contributed by atoms with Gasteiger partial charge in [-0.1, -0.05) is 76.2 Å². The zero-order valence-corrected chi connectivity index (χ0v) is 17.4. The van der Waals surface area contributed by atoms with Gasteiger partial charge in [0.1, 0.15) is 0 Å². The Morgan fingerprint density at radius 3 is 2.25 bits per heavy atom. The number of allylic oxidation sites excluding steroid dienone is 1. The van der Waals surface area contributed by atoms with E-state index in [9.17, 15) is 0 Å². The van der Waals surface area contributed by atoms with E-state index < -0.39 is 0 Å². The average Bonchev–Trinajstić information content (AvgIpc) is 3.20. The lowest BCUT2D eigenvalue weighted by molar-refractivity contribution is 0.332. The van der Waals surface area contributed by atoms with Crippen molar-refractivity contribution in [2.75, 3.05) is 0 Å². The van der Waals surface area contributed by atoms with Gasteiger partial charge in [-0.3, -0.25) is 0 Å². The van der Waals surface area contributed by atoms with Crippen LogP contribution >= 0.6 is 0 Å². The van der Waals surface area contributed by atoms with E-state index >= 15 is 0 Å². The molecular weight excluding hydrogens is 344 g/mol. The maximum absolute atomic E-state index is 4.03. The van der Waals surface area contributed by atoms with Gasteiger partial charge in [0.25, 0.3) is 0 Å². The number of tetrazole rings is 1. The van der Waals surface area contributed by atoms with Gasteiger partial charge in [-0.25, -0.2) is 0 Å². The number of H-pyrrole nitrogens is 1. The van der Waals surface area contributed by atoms with Gasteiger partial charge in [-0.2, -0.15) is 5.21 Å². The Morgan fingerprint density at radius 2 is 1.61 bits per heavy atom. The molecule has 0 aliphatic heterocycles. The minimum atomic E-state index is 0.231. The molecule has 4 rings (SSSR count). The molecule has 0 unspecified atom stereocenters. The van der Waals surface area contributed by atoms with E-state index in [2.05, 4.69) is 91.7 Å². The molecule has 0 radical (unpaired) electrons. The number of nitrogens with one attached hydrogen (secondary N) is 1. The Labute approximate surface area is 167 Å². The maximum atomic E-state index is 4.03. The van der Waals surface area contributed by atoms with Crippen LogP contribution in [0.1, 0.15) is 69.7 Å². The van der Waals surface area contributed by atoms with E-state index in [1.54, 1.807) is 0 Å². The molecule has 1 N–H and O–H groups in total. The maximum Gasteiger partial charge on any atom is 0.204 e. The number of fused-ring (bicyclic) bond motifs is 1. The van der Waals surface area contributed by atoms with Crippen molar-refractivity contribution in [3.63, 3.8) is 0 Å². The summed E-state index contributed by atoms with van der Waals surface area (Å²) in [6.45, 7) is 11.6. The van der Waals surface area contributed by atoms with Crippen LogP contribution in [0.5, 0.6) is 0 Å². The lowest BCUT2D eigenvalue weighted by Crippen LogP contribution is -2.33. The Hall–Kier alpha value is -2.75. The van der Waals surface area contributed by atoms with E-state index in [-0.39, 0.29) is 10.8 Å². The smallest absolute Gasteiger partial charge is 0.177 e. The van der Waals surface area contributed by atoms with Crippen molar-refractivity contribution in [1.29, 1.82) is 0 Å². The molecule has 0 saturated heterocycles. The van der Waals surface area contributed by atoms with Crippen LogP contribution in [-0.2, 0) is 10.8 Å². The zero-order chi connectivity index (χ0) is 19.9. The molecule has 0 fully saturated rings. The van der Waals surface area contributed by atoms with Crippen molar-refractivity contribution < 1.29 is 0 Å². The Balaban J connectivity index is 1.65. The number of aromatic nitrogens is 4. The lowest BCUT2D eigenvalue weighted by Gasteiger charge is -2.42. The standard InChI is InChI=1S/C24H28N4/c1-16(18-7-9-19(10-8-18)22-25-27-28-26-22)14-17-6-11-20-21(15-17)24(4,5)13-12-23(20,2)3/h6-11,14-15H,12-13H2,1-5H3,(H,25,26,27,28). The molecule has 4 heteroatoms. The van der Waals surface area contributed by atoms with Gasteiger partial charge < -0.3 is 0 Å². The van der Waals surface area contributed by atoms with Crippen LogP contribution in [0.2, 0.25) is 0 Å². The van der Waals surface area contributed by atoms with Crippen LogP contribution in [0, 0.1) is 0 Å². The van der Waals surface area contributed by atoms with Gasteiger partial charge in [0.15, 0.2) is 0 Å². The van der Waals surface area contributed by atoms with Crippen molar-refractivity contribution in [2.24, 2.45) is 0 Å². The molecule has 0 atom stereocenters. The molecule has 1 heterocycles. The second-order valence-electron chi connectivity index (χ2n) is 9.21. The van der Waals surface area contributed by atoms with Crippen LogP contribution in [0.4, 0.5) is 0 Å². The Bertz CT molecular complexity index is 1010. The summed E-state index contributed by atoms with van der Waals surface area (Å²) in [5.74, 6) is 0.618. The molecule has 2 aromatic carbocycles. The fraction of sp³-hybridized carbons (Fsp3) is 0.375. The molecular formula is C24H28N4. The average molecular weight is 373 g/mol. The molecule has 28 heavy (non-hydrogen) atoms. The van der Waals surface area contributed by atoms with Gasteiger partial charge in [-0.15, -0.1) is 10.2 Å². The van der Waals surface area contributed by atoms with E-state index in [0.717, 1.165) is 5.56 Å². The highest BCUT2D eigenvalue weighted by Crippen LogP contribution is 2.46. The summed E-state index contributed by atoms with van der Waals surface area (Å²) in [4.78, 5) is 0. The molecule has 3 aromatic rings. The molecule has 1 aliphatic rings. The van der Waals surface area contributed by atoms with Crippen molar-refractivity contribution in [3.8, 4) is 11.4 Å². The van der Waals surface area contributed by atoms with Crippen LogP contribution < -0.4 is 0 Å². The van der Waals surface area contributed by atoms with Crippen LogP contribution in [0.3, 0.4) is 0 Å². The van der Waals surface area contributed by atoms with Gasteiger partial charge in [-0.05, 0) is 63.6 Å². The highest BCUT2D eigenvalue weighted by Gasteiger charge is 2.36. The fourth-order valence-corrected chi connectivity index (χ4v) is 4.20. The SMILES string of the molecule is CC(=Cc1ccc2c(c1)C(C)(C)CCC2(C)C)c1ccc(-c2nn[nH]n2)cc1. The van der Waals surface area contributed by atoms with E-state index in [1.807, 2.05) is 12.1 Å². The molecule has 4 nitrogen and oxygen atoms in total. The molecule has 144 valence electrons. The third-order valence-electron chi connectivity index (χ3n) is 6.20. The molecule has 1 aromatic heterocycles. The highest BCUT2D eigenvalue weighted by atomic mass is 15.5. The van der Waals surface area contributed by atoms with Crippen molar-refractivity contribution in [2.45, 2.75) is 58.3 Å². The first kappa shape index (κ1) is 18.6. The van der Waals surface area contributed by atoms with Gasteiger partial charge in [0.05, 0.1) is 0 Å². The Morgan fingerprint density at radius 1 is 0.929 bits per heavy atom. The summed E-state index contributed by atoms with van der Waals surface area (Å²) >= 11 is 0. The zero-order valence-electron chi connectivity index (χ0n) is 17.4. The minimum Gasteiger partial charge on any atom is -0.177 e. The molecule has 0 spiro atoms. The third kappa shape index (κ3) is 3.39. The normalized spacial score (nSPS) is 18.0. The number of hydrogen-bond acceptors (Lipinski definition) is 3. The predicted molar refractivity (Wildman–Crippen MR) is 115 cm³/mol. The third-order valence-corrected chi connectivity index (χ3v) is 6.20. The second kappa shape index (κ2) is 6.69.